The molecule has 0 aromatic heterocycles. The number of methoxy groups -OCH3 is 1. The normalized spacial score (nSPS) is 15.1. The third-order valence-electron chi connectivity index (χ3n) is 4.23. The minimum Gasteiger partial charge on any atom is -0.493 e. The molecule has 29 heavy (non-hydrogen) atoms. The van der Waals surface area contributed by atoms with Crippen LogP contribution >= 0.6 is 34.4 Å². The van der Waals surface area contributed by atoms with Crippen molar-refractivity contribution in [2.75, 3.05) is 13.7 Å². The van der Waals surface area contributed by atoms with Crippen molar-refractivity contribution in [3.05, 3.63) is 74.2 Å². The molecule has 5 nitrogen and oxygen atoms in total. The number of aryl methyl sites for hydroxylation is 1. The standard InChI is InChI=1S/C22H20INO4S/c1-4-9-28-20-17(23)10-16(11-18(20)27-3)12-19-21(25)24(22(26)29-19)13-15-7-5-14(2)6-8-15/h4-8,10-12H,1,9,13H2,2-3H3/b19-12-. The number of nitrogens with zero attached hydrogens (tertiary/aromatic N) is 1. The van der Waals surface area contributed by atoms with E-state index in [1.54, 1.807) is 25.3 Å². The SMILES string of the molecule is C=CCOc1c(I)cc(/C=C2\SC(=O)N(Cc3ccc(C)cc3)C2=O)cc1OC. The first-order valence-corrected chi connectivity index (χ1v) is 10.7. The number of hydrogen-bond acceptors (Lipinski definition) is 5. The van der Waals surface area contributed by atoms with Gasteiger partial charge in [-0.2, -0.15) is 0 Å². The summed E-state index contributed by atoms with van der Waals surface area (Å²) in [5.41, 5.74) is 2.81. The third kappa shape index (κ3) is 5.02. The van der Waals surface area contributed by atoms with Gasteiger partial charge in [0, 0.05) is 0 Å². The van der Waals surface area contributed by atoms with Gasteiger partial charge in [0.25, 0.3) is 11.1 Å². The number of imide groups is 1. The first kappa shape index (κ1) is 21.4. The number of carbonyl (C=O) groups excluding carboxylic acids is 2. The second kappa shape index (κ2) is 9.49. The lowest BCUT2D eigenvalue weighted by molar-refractivity contribution is -0.123. The average Bonchev–Trinajstić information content (AvgIpc) is 2.95. The number of ether oxygens (including phenoxy) is 2. The molecule has 3 rings (SSSR count). The Labute approximate surface area is 187 Å². The summed E-state index contributed by atoms with van der Waals surface area (Å²) in [5, 5.41) is -0.269. The molecule has 0 N–H and O–H groups in total. The maximum Gasteiger partial charge on any atom is 0.293 e. The Kier molecular flexibility index (Phi) is 7.02. The molecule has 150 valence electrons. The number of thioether (sulfide) groups is 1. The van der Waals surface area contributed by atoms with Crippen LogP contribution in [-0.4, -0.2) is 29.8 Å². The van der Waals surface area contributed by atoms with Gasteiger partial charge in [0.1, 0.15) is 6.61 Å². The predicted octanol–water partition coefficient (Wildman–Crippen LogP) is 5.41. The molecule has 2 aromatic rings. The van der Waals surface area contributed by atoms with Crippen molar-refractivity contribution in [1.29, 1.82) is 0 Å². The zero-order valence-corrected chi connectivity index (χ0v) is 19.1. The molecule has 0 bridgehead atoms. The Morgan fingerprint density at radius 3 is 2.59 bits per heavy atom. The molecule has 1 saturated heterocycles. The van der Waals surface area contributed by atoms with Gasteiger partial charge in [0.2, 0.25) is 0 Å². The van der Waals surface area contributed by atoms with Crippen molar-refractivity contribution in [2.24, 2.45) is 0 Å². The molecule has 2 amide bonds. The minimum atomic E-state index is -0.290. The Morgan fingerprint density at radius 2 is 1.93 bits per heavy atom. The van der Waals surface area contributed by atoms with Crippen LogP contribution in [0.15, 0.2) is 54.0 Å². The third-order valence-corrected chi connectivity index (χ3v) is 5.94. The van der Waals surface area contributed by atoms with Gasteiger partial charge in [0.15, 0.2) is 11.5 Å². The lowest BCUT2D eigenvalue weighted by Gasteiger charge is -2.13. The number of carbonyl (C=O) groups is 2. The lowest BCUT2D eigenvalue weighted by Crippen LogP contribution is -2.27. The second-order valence-corrected chi connectivity index (χ2v) is 8.54. The number of rotatable bonds is 7. The van der Waals surface area contributed by atoms with Crippen LogP contribution in [0.3, 0.4) is 0 Å². The maximum absolute atomic E-state index is 12.8. The Balaban J connectivity index is 1.84. The summed E-state index contributed by atoms with van der Waals surface area (Å²) >= 11 is 3.10. The highest BCUT2D eigenvalue weighted by atomic mass is 127. The molecular formula is C22H20INO4S. The van der Waals surface area contributed by atoms with Crippen LogP contribution in [-0.2, 0) is 11.3 Å². The second-order valence-electron chi connectivity index (χ2n) is 6.39. The van der Waals surface area contributed by atoms with E-state index >= 15 is 0 Å². The molecule has 0 radical (unpaired) electrons. The van der Waals surface area contributed by atoms with Crippen molar-refractivity contribution >= 4 is 51.6 Å². The number of halogens is 1. The molecule has 7 heteroatoms. The Hall–Kier alpha value is -2.26. The van der Waals surface area contributed by atoms with Crippen LogP contribution in [0.5, 0.6) is 11.5 Å². The molecule has 0 spiro atoms. The summed E-state index contributed by atoms with van der Waals surface area (Å²) in [6, 6.07) is 11.5. The van der Waals surface area contributed by atoms with Crippen LogP contribution in [0.4, 0.5) is 4.79 Å². The van der Waals surface area contributed by atoms with Crippen LogP contribution in [0.2, 0.25) is 0 Å². The van der Waals surface area contributed by atoms with Crippen LogP contribution in [0.25, 0.3) is 6.08 Å². The number of benzene rings is 2. The van der Waals surface area contributed by atoms with E-state index in [0.29, 0.717) is 23.0 Å². The molecule has 1 aliphatic rings. The molecular weight excluding hydrogens is 501 g/mol. The first-order valence-electron chi connectivity index (χ1n) is 8.85. The van der Waals surface area contributed by atoms with E-state index in [1.165, 1.54) is 4.90 Å². The molecule has 0 atom stereocenters. The van der Waals surface area contributed by atoms with Gasteiger partial charge in [0.05, 0.1) is 22.1 Å². The monoisotopic (exact) mass is 521 g/mol. The largest absolute Gasteiger partial charge is 0.493 e. The average molecular weight is 521 g/mol. The van der Waals surface area contributed by atoms with Gasteiger partial charge < -0.3 is 9.47 Å². The summed E-state index contributed by atoms with van der Waals surface area (Å²) in [6.45, 7) is 6.27. The van der Waals surface area contributed by atoms with Gasteiger partial charge >= 0.3 is 0 Å². The molecule has 1 aliphatic heterocycles. The highest BCUT2D eigenvalue weighted by molar-refractivity contribution is 14.1. The zero-order valence-electron chi connectivity index (χ0n) is 16.1. The van der Waals surface area contributed by atoms with E-state index < -0.39 is 0 Å². The van der Waals surface area contributed by atoms with E-state index in [2.05, 4.69) is 29.2 Å². The van der Waals surface area contributed by atoms with Gasteiger partial charge in [-0.1, -0.05) is 42.5 Å². The van der Waals surface area contributed by atoms with Gasteiger partial charge in [-0.05, 0) is 70.6 Å². The summed E-state index contributed by atoms with van der Waals surface area (Å²) in [5.74, 6) is 0.892. The van der Waals surface area contributed by atoms with Crippen molar-refractivity contribution in [3.8, 4) is 11.5 Å². The fraction of sp³-hybridized carbons (Fsp3) is 0.182. The highest BCUT2D eigenvalue weighted by Crippen LogP contribution is 2.37. The van der Waals surface area contributed by atoms with Crippen molar-refractivity contribution in [1.82, 2.24) is 4.90 Å². The van der Waals surface area contributed by atoms with E-state index in [4.69, 9.17) is 9.47 Å². The zero-order chi connectivity index (χ0) is 21.0. The van der Waals surface area contributed by atoms with E-state index in [-0.39, 0.29) is 17.7 Å². The minimum absolute atomic E-state index is 0.261. The molecule has 2 aromatic carbocycles. The van der Waals surface area contributed by atoms with Crippen LogP contribution in [0, 0.1) is 10.5 Å². The first-order chi connectivity index (χ1) is 13.9. The Morgan fingerprint density at radius 1 is 1.21 bits per heavy atom. The summed E-state index contributed by atoms with van der Waals surface area (Å²) in [6.07, 6.45) is 3.37. The number of hydrogen-bond donors (Lipinski definition) is 0. The van der Waals surface area contributed by atoms with Crippen molar-refractivity contribution in [3.63, 3.8) is 0 Å². The maximum atomic E-state index is 12.8. The van der Waals surface area contributed by atoms with Gasteiger partial charge in [-0.25, -0.2) is 0 Å². The quantitative estimate of drug-likeness (QED) is 0.277. The summed E-state index contributed by atoms with van der Waals surface area (Å²) < 4.78 is 11.9. The smallest absolute Gasteiger partial charge is 0.293 e. The number of amides is 2. The summed E-state index contributed by atoms with van der Waals surface area (Å²) in [7, 11) is 1.56. The van der Waals surface area contributed by atoms with E-state index in [1.807, 2.05) is 37.3 Å². The molecule has 1 fully saturated rings. The van der Waals surface area contributed by atoms with Crippen molar-refractivity contribution in [2.45, 2.75) is 13.5 Å². The lowest BCUT2D eigenvalue weighted by atomic mass is 10.1. The van der Waals surface area contributed by atoms with Crippen LogP contribution in [0.1, 0.15) is 16.7 Å². The highest BCUT2D eigenvalue weighted by Gasteiger charge is 2.35. The van der Waals surface area contributed by atoms with Gasteiger partial charge in [-0.15, -0.1) is 0 Å². The van der Waals surface area contributed by atoms with Crippen LogP contribution < -0.4 is 9.47 Å². The molecule has 0 saturated carbocycles. The Bertz CT molecular complexity index is 985. The van der Waals surface area contributed by atoms with Crippen molar-refractivity contribution < 1.29 is 19.1 Å². The van der Waals surface area contributed by atoms with E-state index in [9.17, 15) is 9.59 Å². The summed E-state index contributed by atoms with van der Waals surface area (Å²) in [4.78, 5) is 26.8. The fourth-order valence-electron chi connectivity index (χ4n) is 2.77. The molecule has 0 unspecified atom stereocenters. The topological polar surface area (TPSA) is 55.8 Å². The van der Waals surface area contributed by atoms with E-state index in [0.717, 1.165) is 32.0 Å². The van der Waals surface area contributed by atoms with Gasteiger partial charge in [-0.3, -0.25) is 14.5 Å². The molecule has 0 aliphatic carbocycles. The predicted molar refractivity (Wildman–Crippen MR) is 124 cm³/mol. The molecule has 1 heterocycles. The fourth-order valence-corrected chi connectivity index (χ4v) is 4.39.